The lowest BCUT2D eigenvalue weighted by Crippen LogP contribution is -2.34. The summed E-state index contributed by atoms with van der Waals surface area (Å²) >= 11 is 0. The van der Waals surface area contributed by atoms with Gasteiger partial charge in [-0.2, -0.15) is 0 Å². The number of unbranched alkanes of at least 4 members (excludes halogenated alkanes) is 18. The first-order valence-electron chi connectivity index (χ1n) is 24.1. The van der Waals surface area contributed by atoms with Gasteiger partial charge in [-0.3, -0.25) is 23.4 Å². The fourth-order valence-electron chi connectivity index (χ4n) is 6.29. The van der Waals surface area contributed by atoms with Crippen LogP contribution in [0.1, 0.15) is 187 Å². The maximum Gasteiger partial charge on any atom is 0.472 e. The molecule has 0 saturated heterocycles. The number of carboxylic acids is 1. The minimum atomic E-state index is -4.75. The summed E-state index contributed by atoms with van der Waals surface area (Å²) in [6.07, 6.45) is 50.2. The number of ether oxygens (including phenoxy) is 2. The number of hydrogen-bond donors (Lipinski definition) is 4. The van der Waals surface area contributed by atoms with E-state index < -0.39 is 63.8 Å². The highest BCUT2D eigenvalue weighted by Crippen LogP contribution is 2.43. The average molecular weight is 908 g/mol. The van der Waals surface area contributed by atoms with Crippen molar-refractivity contribution in [3.8, 4) is 0 Å². The van der Waals surface area contributed by atoms with Crippen LogP contribution in [0.5, 0.6) is 0 Å². The second-order valence-corrected chi connectivity index (χ2v) is 17.5. The van der Waals surface area contributed by atoms with Gasteiger partial charge in [0, 0.05) is 12.8 Å². The summed E-state index contributed by atoms with van der Waals surface area (Å²) in [5.74, 6) is -2.51. The number of rotatable bonds is 44. The first kappa shape index (κ1) is 59.9. The van der Waals surface area contributed by atoms with Crippen molar-refractivity contribution in [2.45, 2.75) is 205 Å². The zero-order valence-electron chi connectivity index (χ0n) is 39.0. The number of aliphatic hydroxyl groups excluding tert-OH is 1. The van der Waals surface area contributed by atoms with Crippen LogP contribution in [0.2, 0.25) is 0 Å². The van der Waals surface area contributed by atoms with Gasteiger partial charge in [-0.15, -0.1) is 0 Å². The zero-order chi connectivity index (χ0) is 46.5. The number of phosphoric ester groups is 1. The molecule has 2 unspecified atom stereocenters. The molecule has 0 heterocycles. The number of carbonyl (C=O) groups is 3. The minimum absolute atomic E-state index is 0.0795. The van der Waals surface area contributed by atoms with E-state index in [0.29, 0.717) is 25.7 Å². The molecular formula is C50H86NO11P. The Morgan fingerprint density at radius 1 is 0.587 bits per heavy atom. The van der Waals surface area contributed by atoms with Gasteiger partial charge >= 0.3 is 25.7 Å². The third-order valence-electron chi connectivity index (χ3n) is 10.1. The largest absolute Gasteiger partial charge is 0.480 e. The SMILES string of the molecule is CC/C=C\CC(O)/C=C/C=C/C/C=C\C/C=C\C/C=C\CCC(=O)OC[C@H](COP(=O)(O)OC[C@H](N)C(=O)O)OC(=O)CCCCCCCCCCCCCCCCCCCCC. The van der Waals surface area contributed by atoms with E-state index in [1.165, 1.54) is 96.3 Å². The number of carboxylic acid groups (broad SMARTS) is 1. The summed E-state index contributed by atoms with van der Waals surface area (Å²) in [7, 11) is -4.75. The Balaban J connectivity index is 4.43. The molecule has 0 aromatic heterocycles. The van der Waals surface area contributed by atoms with E-state index in [2.05, 4.69) is 36.6 Å². The zero-order valence-corrected chi connectivity index (χ0v) is 39.9. The smallest absolute Gasteiger partial charge is 0.472 e. The summed E-state index contributed by atoms with van der Waals surface area (Å²) in [6.45, 7) is 2.53. The molecule has 362 valence electrons. The van der Waals surface area contributed by atoms with E-state index in [1.54, 1.807) is 6.08 Å². The van der Waals surface area contributed by atoms with Crippen LogP contribution in [0.4, 0.5) is 0 Å². The van der Waals surface area contributed by atoms with Crippen LogP contribution in [0.25, 0.3) is 0 Å². The molecule has 0 aromatic rings. The van der Waals surface area contributed by atoms with Crippen molar-refractivity contribution < 1.29 is 52.6 Å². The Hall–Kier alpha value is -3.12. The molecule has 0 amide bonds. The highest BCUT2D eigenvalue weighted by atomic mass is 31.2. The minimum Gasteiger partial charge on any atom is -0.480 e. The summed E-state index contributed by atoms with van der Waals surface area (Å²) in [6, 6.07) is -1.54. The van der Waals surface area contributed by atoms with Crippen LogP contribution in [-0.2, 0) is 37.5 Å². The molecule has 0 aliphatic heterocycles. The molecule has 0 fully saturated rings. The van der Waals surface area contributed by atoms with Gasteiger partial charge in [0.05, 0.1) is 19.3 Å². The number of carbonyl (C=O) groups excluding carboxylic acids is 2. The van der Waals surface area contributed by atoms with Crippen LogP contribution in [-0.4, -0.2) is 71.1 Å². The van der Waals surface area contributed by atoms with Crippen molar-refractivity contribution in [2.24, 2.45) is 5.73 Å². The number of aliphatic hydroxyl groups is 1. The van der Waals surface area contributed by atoms with Gasteiger partial charge in [0.15, 0.2) is 6.10 Å². The lowest BCUT2D eigenvalue weighted by molar-refractivity contribution is -0.161. The molecule has 0 aromatic carbocycles. The second kappa shape index (κ2) is 44.1. The van der Waals surface area contributed by atoms with Crippen molar-refractivity contribution >= 4 is 25.7 Å². The van der Waals surface area contributed by atoms with Gasteiger partial charge in [0.25, 0.3) is 0 Å². The molecule has 4 atom stereocenters. The Morgan fingerprint density at radius 2 is 1.08 bits per heavy atom. The number of phosphoric acid groups is 1. The van der Waals surface area contributed by atoms with Gasteiger partial charge in [-0.05, 0) is 44.9 Å². The van der Waals surface area contributed by atoms with Crippen LogP contribution in [0.15, 0.2) is 72.9 Å². The predicted molar refractivity (Wildman–Crippen MR) is 255 cm³/mol. The molecule has 0 saturated carbocycles. The molecule has 5 N–H and O–H groups in total. The van der Waals surface area contributed by atoms with E-state index in [4.69, 9.17) is 24.8 Å². The first-order valence-corrected chi connectivity index (χ1v) is 25.6. The van der Waals surface area contributed by atoms with Crippen LogP contribution in [0, 0.1) is 0 Å². The summed E-state index contributed by atoms with van der Waals surface area (Å²) < 4.78 is 32.7. The van der Waals surface area contributed by atoms with Crippen molar-refractivity contribution in [2.75, 3.05) is 19.8 Å². The summed E-state index contributed by atoms with van der Waals surface area (Å²) in [5.41, 5.74) is 5.34. The third-order valence-corrected chi connectivity index (χ3v) is 11.0. The van der Waals surface area contributed by atoms with E-state index >= 15 is 0 Å². The van der Waals surface area contributed by atoms with Gasteiger partial charge in [-0.1, -0.05) is 202 Å². The highest BCUT2D eigenvalue weighted by molar-refractivity contribution is 7.47. The first-order chi connectivity index (χ1) is 30.5. The number of nitrogens with two attached hydrogens (primary N) is 1. The Bertz CT molecular complexity index is 1360. The van der Waals surface area contributed by atoms with Crippen molar-refractivity contribution in [3.63, 3.8) is 0 Å². The second-order valence-electron chi connectivity index (χ2n) is 16.1. The van der Waals surface area contributed by atoms with Gasteiger partial charge in [-0.25, -0.2) is 4.57 Å². The number of allylic oxidation sites excluding steroid dienone is 10. The fraction of sp³-hybridized carbons (Fsp3) is 0.700. The lowest BCUT2D eigenvalue weighted by atomic mass is 10.0. The van der Waals surface area contributed by atoms with Crippen LogP contribution >= 0.6 is 7.82 Å². The van der Waals surface area contributed by atoms with Crippen molar-refractivity contribution in [1.82, 2.24) is 0 Å². The topological polar surface area (TPSA) is 192 Å². The molecular weight excluding hydrogens is 822 g/mol. The van der Waals surface area contributed by atoms with Crippen molar-refractivity contribution in [3.05, 3.63) is 72.9 Å². The molecule has 0 aliphatic rings. The van der Waals surface area contributed by atoms with Gasteiger partial charge < -0.3 is 30.3 Å². The standard InChI is InChI=1S/C50H86NO11P/c1-3-5-7-8-9-10-11-12-13-14-15-16-17-20-24-27-30-33-37-41-49(54)62-46(43-60-63(57,58)61-44-47(51)50(55)56)42-59-48(53)40-36-32-29-26-23-21-18-19-22-25-28-31-35-39-45(52)38-34-6-4-2/h6,19,21-23,28-29,31-32,34-35,39,45-47,52H,3-5,7-18,20,24-27,30,33,36-38,40-44,51H2,1-2H3,(H,55,56)(H,57,58)/b22-19-,23-21-,31-28+,32-29-,34-6-,39-35+/t45?,46-,47+/m1/s1. The fourth-order valence-corrected chi connectivity index (χ4v) is 7.07. The predicted octanol–water partition coefficient (Wildman–Crippen LogP) is 12.3. The Kier molecular flexibility index (Phi) is 41.9. The molecule has 0 spiro atoms. The Morgan fingerprint density at radius 3 is 1.60 bits per heavy atom. The monoisotopic (exact) mass is 908 g/mol. The summed E-state index contributed by atoms with van der Waals surface area (Å²) in [4.78, 5) is 46.1. The number of esters is 2. The van der Waals surface area contributed by atoms with E-state index in [1.807, 2.05) is 48.6 Å². The number of aliphatic carboxylic acids is 1. The Labute approximate surface area is 381 Å². The molecule has 0 aliphatic carbocycles. The van der Waals surface area contributed by atoms with Gasteiger partial charge in [0.2, 0.25) is 0 Å². The normalized spacial score (nSPS) is 14.7. The molecule has 12 nitrogen and oxygen atoms in total. The highest BCUT2D eigenvalue weighted by Gasteiger charge is 2.28. The molecule has 0 radical (unpaired) electrons. The number of hydrogen-bond acceptors (Lipinski definition) is 10. The maximum atomic E-state index is 12.7. The average Bonchev–Trinajstić information content (AvgIpc) is 3.25. The van der Waals surface area contributed by atoms with Gasteiger partial charge in [0.1, 0.15) is 12.6 Å². The molecule has 0 rings (SSSR count). The molecule has 13 heteroatoms. The van der Waals surface area contributed by atoms with E-state index in [9.17, 15) is 28.9 Å². The van der Waals surface area contributed by atoms with Crippen LogP contribution < -0.4 is 5.73 Å². The van der Waals surface area contributed by atoms with E-state index in [0.717, 1.165) is 38.5 Å². The van der Waals surface area contributed by atoms with Crippen LogP contribution in [0.3, 0.4) is 0 Å². The quantitative estimate of drug-likeness (QED) is 0.0149. The van der Waals surface area contributed by atoms with Crippen molar-refractivity contribution in [1.29, 1.82) is 0 Å². The molecule has 63 heavy (non-hydrogen) atoms. The maximum absolute atomic E-state index is 12.7. The third kappa shape index (κ3) is 43.9. The van der Waals surface area contributed by atoms with E-state index in [-0.39, 0.29) is 12.8 Å². The lowest BCUT2D eigenvalue weighted by Gasteiger charge is -2.20. The summed E-state index contributed by atoms with van der Waals surface area (Å²) in [5, 5.41) is 18.8. The molecule has 0 bridgehead atoms.